The summed E-state index contributed by atoms with van der Waals surface area (Å²) in [6, 6.07) is 128. The molecule has 7 nitrogen and oxygen atoms in total. The average molecular weight is 1570 g/mol. The van der Waals surface area contributed by atoms with Gasteiger partial charge < -0.3 is 22.7 Å². The van der Waals surface area contributed by atoms with E-state index in [2.05, 4.69) is 374 Å². The smallest absolute Gasteiger partial charge is 0.268 e. The van der Waals surface area contributed by atoms with Gasteiger partial charge in [0, 0.05) is 88.1 Å². The third-order valence-corrected chi connectivity index (χ3v) is 21.0. The molecule has 0 fully saturated rings. The summed E-state index contributed by atoms with van der Waals surface area (Å²) in [7, 11) is 0. The number of hydrogen-bond donors (Lipinski definition) is 0. The van der Waals surface area contributed by atoms with Crippen molar-refractivity contribution in [2.24, 2.45) is 0 Å². The van der Waals surface area contributed by atoms with Gasteiger partial charge in [0.25, 0.3) is 6.33 Å². The van der Waals surface area contributed by atoms with Crippen LogP contribution in [0.25, 0.3) is 183 Å². The number of imidazole rings is 1. The van der Waals surface area contributed by atoms with Crippen LogP contribution in [0.1, 0.15) is 26.3 Å². The zero-order chi connectivity index (χ0) is 71.3. The van der Waals surface area contributed by atoms with Gasteiger partial charge in [-0.2, -0.15) is 18.2 Å². The number of para-hydroxylation sites is 4. The molecule has 8 heteroatoms. The van der Waals surface area contributed by atoms with E-state index in [4.69, 9.17) is 18.6 Å². The van der Waals surface area contributed by atoms with Crippen molar-refractivity contribution in [3.63, 3.8) is 0 Å². The van der Waals surface area contributed by atoms with E-state index in [1.54, 1.807) is 0 Å². The second-order valence-electron chi connectivity index (χ2n) is 28.6. The van der Waals surface area contributed by atoms with Gasteiger partial charge >= 0.3 is 0 Å². The van der Waals surface area contributed by atoms with Gasteiger partial charge in [0.15, 0.2) is 0 Å². The van der Waals surface area contributed by atoms with Gasteiger partial charge in [-0.15, -0.1) is 29.7 Å². The molecule has 0 saturated carbocycles. The third kappa shape index (κ3) is 11.4. The number of fused-ring (bicyclic) bond motifs is 10. The fraction of sp³-hybridized carbons (Fsp3) is 0.0400. The molecule has 20 rings (SSSR count). The van der Waals surface area contributed by atoms with E-state index in [1.165, 1.54) is 5.56 Å². The Balaban J connectivity index is 0.00000794. The quantitative estimate of drug-likeness (QED) is 0.0852. The Bertz CT molecular complexity index is 6590. The predicted molar refractivity (Wildman–Crippen MR) is 437 cm³/mol. The monoisotopic (exact) mass is 1570 g/mol. The standard InChI is InChI=1S/C100H66N4O3.Pt/c1-100(2,3)74-50-51-101-94(60-74)104-90-45-23-22-42-80(90)81-49-48-77(62-93(81)104)105-76-41-26-40-75(61-76)102-63-103(92-47-25-24-46-91(92)102)95-78(72-56-84(68-36-18-8-19-37-68)98-88(58-72)86-54-70(64-28-10-4-11-29-64)52-82(96(86)106-98)66-32-14-6-15-33-66)43-27-44-79(95)73-57-85(69-38-20-9-21-39-69)99-89(59-73)87-55-71(65-30-12-5-13-31-65)53-83(97(87)107-99)67-34-16-7-17-35-67;/h4-60H,1-3H3;/q-2;. The number of furan rings is 2. The van der Waals surface area contributed by atoms with Crippen molar-refractivity contribution in [3.05, 3.63) is 370 Å². The Morgan fingerprint density at radius 3 is 1.27 bits per heavy atom. The van der Waals surface area contributed by atoms with E-state index in [1.807, 2.05) is 24.4 Å². The number of pyridine rings is 1. The van der Waals surface area contributed by atoms with Gasteiger partial charge in [-0.3, -0.25) is 4.57 Å². The maximum atomic E-state index is 7.39. The fourth-order valence-corrected chi connectivity index (χ4v) is 15.8. The molecule has 0 aliphatic heterocycles. The zero-order valence-corrected chi connectivity index (χ0v) is 61.5. The van der Waals surface area contributed by atoms with Crippen LogP contribution in [0.3, 0.4) is 0 Å². The molecule has 15 aromatic carbocycles. The first-order chi connectivity index (χ1) is 52.7. The van der Waals surface area contributed by atoms with Gasteiger partial charge in [0.1, 0.15) is 28.1 Å². The van der Waals surface area contributed by atoms with E-state index in [0.717, 1.165) is 183 Å². The van der Waals surface area contributed by atoms with Crippen LogP contribution in [0.5, 0.6) is 11.5 Å². The van der Waals surface area contributed by atoms with Gasteiger partial charge in [-0.25, -0.2) is 4.98 Å². The maximum absolute atomic E-state index is 7.39. The number of hydrogen-bond acceptors (Lipinski definition) is 4. The number of rotatable bonds is 13. The summed E-state index contributed by atoms with van der Waals surface area (Å²) < 4.78 is 28.3. The van der Waals surface area contributed by atoms with Crippen molar-refractivity contribution in [1.29, 1.82) is 0 Å². The van der Waals surface area contributed by atoms with Gasteiger partial charge in [0.05, 0.1) is 16.7 Å². The van der Waals surface area contributed by atoms with Gasteiger partial charge in [-0.05, 0) is 156 Å². The summed E-state index contributed by atoms with van der Waals surface area (Å²) in [5.74, 6) is 1.89. The Kier molecular flexibility index (Phi) is 16.2. The normalized spacial score (nSPS) is 11.8. The second-order valence-corrected chi connectivity index (χ2v) is 28.6. The van der Waals surface area contributed by atoms with Crippen LogP contribution in [0, 0.1) is 18.5 Å². The molecule has 0 aliphatic carbocycles. The van der Waals surface area contributed by atoms with E-state index < -0.39 is 0 Å². The Labute approximate surface area is 639 Å². The van der Waals surface area contributed by atoms with Crippen molar-refractivity contribution in [3.8, 4) is 118 Å². The molecule has 20 aromatic rings. The summed E-state index contributed by atoms with van der Waals surface area (Å²) >= 11 is 0. The third-order valence-electron chi connectivity index (χ3n) is 21.0. The molecule has 0 amide bonds. The number of nitrogens with zero attached hydrogens (tertiary/aromatic N) is 4. The minimum absolute atomic E-state index is 0. The van der Waals surface area contributed by atoms with Crippen molar-refractivity contribution in [2.45, 2.75) is 26.2 Å². The Morgan fingerprint density at radius 2 is 0.769 bits per heavy atom. The largest absolute Gasteiger partial charge is 0.510 e. The summed E-state index contributed by atoms with van der Waals surface area (Å²) in [5, 5.41) is 6.19. The predicted octanol–water partition coefficient (Wildman–Crippen LogP) is 26.0. The summed E-state index contributed by atoms with van der Waals surface area (Å²) in [6.07, 6.45) is 5.93. The zero-order valence-electron chi connectivity index (χ0n) is 59.2. The first kappa shape index (κ1) is 65.6. The molecule has 0 saturated heterocycles. The number of benzene rings is 15. The van der Waals surface area contributed by atoms with Crippen LogP contribution in [0.4, 0.5) is 0 Å². The molecule has 516 valence electrons. The van der Waals surface area contributed by atoms with Crippen molar-refractivity contribution in [2.75, 3.05) is 0 Å². The summed E-state index contributed by atoms with van der Waals surface area (Å²) in [6.45, 7) is 6.69. The fourth-order valence-electron chi connectivity index (χ4n) is 15.8. The van der Waals surface area contributed by atoms with Crippen molar-refractivity contribution < 1.29 is 39.2 Å². The summed E-state index contributed by atoms with van der Waals surface area (Å²) in [5.41, 5.74) is 26.3. The molecular formula is C100H66N4O3Pt-2. The van der Waals surface area contributed by atoms with Crippen LogP contribution >= 0.6 is 0 Å². The SMILES string of the molecule is CC(C)(C)c1ccnc(-n2c3[c-]c(Oc4[c-]c(-n5[c-][n+](-c6c(-c7cc(-c8ccccc8)c8oc9c(-c%10ccccc%10)cc(-c%10ccccc%10)cc9c8c7)cccc6-c6cc(-c7ccccc7)c7oc8c(-c9ccccc9)cc(-c9ccccc9)cc8c7c6)c6ccccc65)ccc4)ccc3c3ccccc32)c1.[Pt]. The van der Waals surface area contributed by atoms with E-state index in [0.29, 0.717) is 11.5 Å². The van der Waals surface area contributed by atoms with E-state index in [-0.39, 0.29) is 26.5 Å². The molecule has 5 heterocycles. The molecule has 5 aromatic heterocycles. The summed E-state index contributed by atoms with van der Waals surface area (Å²) in [4.78, 5) is 4.95. The molecule has 0 unspecified atom stereocenters. The maximum Gasteiger partial charge on any atom is 0.268 e. The van der Waals surface area contributed by atoms with Gasteiger partial charge in [-0.1, -0.05) is 269 Å². The van der Waals surface area contributed by atoms with Crippen LogP contribution in [-0.2, 0) is 26.5 Å². The number of aromatic nitrogens is 4. The average Bonchev–Trinajstić information content (AvgIpc) is 1.56. The topological polar surface area (TPSA) is 62.1 Å². The molecule has 0 bridgehead atoms. The van der Waals surface area contributed by atoms with Crippen LogP contribution in [0.15, 0.2) is 355 Å². The van der Waals surface area contributed by atoms with Gasteiger partial charge in [0.2, 0.25) is 0 Å². The molecular weight excluding hydrogens is 1500 g/mol. The first-order valence-electron chi connectivity index (χ1n) is 36.3. The molecule has 0 spiro atoms. The minimum atomic E-state index is -0.0801. The van der Waals surface area contributed by atoms with E-state index in [9.17, 15) is 0 Å². The number of ether oxygens (including phenoxy) is 1. The minimum Gasteiger partial charge on any atom is -0.510 e. The molecule has 108 heavy (non-hydrogen) atoms. The first-order valence-corrected chi connectivity index (χ1v) is 36.3. The Morgan fingerprint density at radius 1 is 0.343 bits per heavy atom. The van der Waals surface area contributed by atoms with Crippen molar-refractivity contribution in [1.82, 2.24) is 14.1 Å². The van der Waals surface area contributed by atoms with Crippen LogP contribution in [-0.4, -0.2) is 14.1 Å². The van der Waals surface area contributed by atoms with Crippen LogP contribution in [0.2, 0.25) is 0 Å². The molecule has 0 aliphatic rings. The molecule has 0 N–H and O–H groups in total. The molecule has 0 atom stereocenters. The second kappa shape index (κ2) is 26.7. The van der Waals surface area contributed by atoms with E-state index >= 15 is 0 Å². The molecule has 0 radical (unpaired) electrons. The van der Waals surface area contributed by atoms with Crippen molar-refractivity contribution >= 4 is 76.7 Å². The van der Waals surface area contributed by atoms with Crippen LogP contribution < -0.4 is 9.30 Å². The Hall–Kier alpha value is -13.2.